The first kappa shape index (κ1) is 37.8. The number of rotatable bonds is 9. The molecule has 48 heavy (non-hydrogen) atoms. The summed E-state index contributed by atoms with van der Waals surface area (Å²) >= 11 is 1.36. The van der Waals surface area contributed by atoms with Crippen LogP contribution in [-0.2, 0) is 30.3 Å². The summed E-state index contributed by atoms with van der Waals surface area (Å²) in [6.07, 6.45) is 6.19. The minimum atomic E-state index is -1.22. The second-order valence-electron chi connectivity index (χ2n) is 14.1. The van der Waals surface area contributed by atoms with Crippen LogP contribution in [0.4, 0.5) is 9.93 Å². The summed E-state index contributed by atoms with van der Waals surface area (Å²) in [6, 6.07) is 0. The summed E-state index contributed by atoms with van der Waals surface area (Å²) in [4.78, 5) is 47.8. The lowest BCUT2D eigenvalue weighted by Crippen LogP contribution is -2.70. The minimum Gasteiger partial charge on any atom is -0.457 e. The highest BCUT2D eigenvalue weighted by atomic mass is 32.1. The lowest BCUT2D eigenvalue weighted by molar-refractivity contribution is -0.177. The number of anilines is 1. The molecule has 0 aliphatic carbocycles. The Balaban J connectivity index is 1.58. The van der Waals surface area contributed by atoms with Crippen LogP contribution in [-0.4, -0.2) is 93.7 Å². The smallest absolute Gasteiger partial charge is 0.412 e. The summed E-state index contributed by atoms with van der Waals surface area (Å²) in [5.74, 6) is -2.07. The van der Waals surface area contributed by atoms with Gasteiger partial charge in [-0.3, -0.25) is 24.5 Å². The number of aromatic nitrogens is 4. The fourth-order valence-electron chi connectivity index (χ4n) is 7.65. The van der Waals surface area contributed by atoms with Gasteiger partial charge in [0.15, 0.2) is 10.7 Å². The van der Waals surface area contributed by atoms with Crippen LogP contribution in [0, 0.1) is 17.8 Å². The number of carbonyl (C=O) groups is 3. The normalized spacial score (nSPS) is 33.9. The molecule has 4 heterocycles. The van der Waals surface area contributed by atoms with E-state index in [1.807, 2.05) is 48.7 Å². The number of nitrogens with two attached hydrogens (primary N) is 1. The number of ether oxygens (including phenoxy) is 3. The number of ketones is 1. The predicted octanol–water partition coefficient (Wildman–Crippen LogP) is 4.09. The third-order valence-corrected chi connectivity index (χ3v) is 12.0. The van der Waals surface area contributed by atoms with E-state index in [4.69, 9.17) is 19.9 Å². The van der Waals surface area contributed by atoms with E-state index < -0.39 is 46.9 Å². The molecule has 8 atom stereocenters. The average Bonchev–Trinajstić information content (AvgIpc) is 3.77. The summed E-state index contributed by atoms with van der Waals surface area (Å²) in [5.41, 5.74) is 3.74. The van der Waals surface area contributed by atoms with Crippen LogP contribution in [0.5, 0.6) is 0 Å². The SMILES string of the molecule is B[C@@H]1[C@@H](C)C(=O)[C@@H](C)C(=O)O[C@H](CC)[C@@]2(C)OC(=O)N(CCCCn3cc(-c4cnc(N)s4)nn3)[C@]2(CC)NCC[C@@H](C)C[C@@]1(C)OC. The first-order valence-corrected chi connectivity index (χ1v) is 18.1. The fraction of sp³-hybridized carbons (Fsp3) is 0.758. The number of cyclic esters (lactones) is 1. The van der Waals surface area contributed by atoms with Crippen LogP contribution in [0.15, 0.2) is 12.4 Å². The quantitative estimate of drug-likeness (QED) is 0.169. The molecule has 2 aromatic rings. The number of nitrogen functional groups attached to an aromatic ring is 1. The molecule has 13 nitrogen and oxygen atoms in total. The van der Waals surface area contributed by atoms with Gasteiger partial charge in [0.2, 0.25) is 0 Å². The predicted molar refractivity (Wildman–Crippen MR) is 187 cm³/mol. The van der Waals surface area contributed by atoms with Crippen molar-refractivity contribution >= 4 is 42.2 Å². The van der Waals surface area contributed by atoms with Gasteiger partial charge >= 0.3 is 12.1 Å². The lowest BCUT2D eigenvalue weighted by Gasteiger charge is -2.48. The van der Waals surface area contributed by atoms with Crippen molar-refractivity contribution in [1.82, 2.24) is 30.2 Å². The van der Waals surface area contributed by atoms with Gasteiger partial charge in [0, 0.05) is 32.3 Å². The third kappa shape index (κ3) is 7.28. The van der Waals surface area contributed by atoms with E-state index in [1.54, 1.807) is 29.8 Å². The Morgan fingerprint density at radius 1 is 1.17 bits per heavy atom. The molecule has 0 aromatic carbocycles. The van der Waals surface area contributed by atoms with E-state index in [2.05, 4.69) is 27.5 Å². The second kappa shape index (κ2) is 15.2. The molecule has 1 amide bonds. The maximum absolute atomic E-state index is 13.8. The highest BCUT2D eigenvalue weighted by Crippen LogP contribution is 2.45. The number of hydrogen-bond donors (Lipinski definition) is 2. The first-order chi connectivity index (χ1) is 22.7. The van der Waals surface area contributed by atoms with Crippen molar-refractivity contribution in [2.45, 2.75) is 122 Å². The number of amides is 1. The summed E-state index contributed by atoms with van der Waals surface area (Å²) in [6.45, 7) is 15.1. The van der Waals surface area contributed by atoms with Gasteiger partial charge in [0.05, 0.1) is 16.7 Å². The molecule has 0 radical (unpaired) electrons. The number of nitrogens with zero attached hydrogens (tertiary/aromatic N) is 5. The van der Waals surface area contributed by atoms with Crippen molar-refractivity contribution in [3.63, 3.8) is 0 Å². The minimum absolute atomic E-state index is 0.126. The molecule has 2 aromatic heterocycles. The number of fused-ring (bicyclic) bond motifs is 1. The van der Waals surface area contributed by atoms with Crippen LogP contribution in [0.25, 0.3) is 10.6 Å². The maximum Gasteiger partial charge on any atom is 0.412 e. The van der Waals surface area contributed by atoms with Crippen molar-refractivity contribution in [2.75, 3.05) is 25.9 Å². The molecule has 4 rings (SSSR count). The van der Waals surface area contributed by atoms with Gasteiger partial charge in [0.25, 0.3) is 0 Å². The zero-order valence-corrected chi connectivity index (χ0v) is 30.9. The van der Waals surface area contributed by atoms with E-state index in [-0.39, 0.29) is 17.5 Å². The van der Waals surface area contributed by atoms with Gasteiger partial charge < -0.3 is 19.9 Å². The number of nitrogens with one attached hydrogen (secondary N) is 1. The fourth-order valence-corrected chi connectivity index (χ4v) is 8.29. The van der Waals surface area contributed by atoms with Crippen molar-refractivity contribution < 1.29 is 28.6 Å². The van der Waals surface area contributed by atoms with Crippen molar-refractivity contribution in [1.29, 1.82) is 0 Å². The van der Waals surface area contributed by atoms with E-state index >= 15 is 0 Å². The zero-order chi connectivity index (χ0) is 35.4. The molecule has 15 heteroatoms. The number of Topliss-reactive ketones (excluding diaryl/α,β-unsaturated/α-hetero) is 1. The van der Waals surface area contributed by atoms with Crippen molar-refractivity contribution in [3.05, 3.63) is 12.4 Å². The number of unbranched alkanes of at least 4 members (excludes halogenated alkanes) is 1. The molecule has 2 aliphatic heterocycles. The molecule has 2 aliphatic rings. The summed E-state index contributed by atoms with van der Waals surface area (Å²) in [7, 11) is 3.71. The standard InChI is InChI=1S/C33H54BN7O6S/c1-9-25-32(7)33(10-2,37-14-13-20(3)17-31(6,45-8)27(34)21(4)26(42)22(5)28(43)46-25)41(30(44)47-32)16-12-11-15-40-19-23(38-39-40)24-18-36-29(35)48-24/h18-22,25,27,37H,9-17,34H2,1-8H3,(H2,35,36)/t20-,21+,22-,25-,27-,31-,32-,33+/m1/s1. The monoisotopic (exact) mass is 687 g/mol. The number of aryl methyl sites for hydroxylation is 1. The number of esters is 1. The molecule has 0 bridgehead atoms. The van der Waals surface area contributed by atoms with Crippen molar-refractivity contribution in [2.24, 2.45) is 17.8 Å². The van der Waals surface area contributed by atoms with Gasteiger partial charge in [-0.15, -0.1) is 5.10 Å². The van der Waals surface area contributed by atoms with Crippen LogP contribution in [0.2, 0.25) is 5.82 Å². The first-order valence-electron chi connectivity index (χ1n) is 17.3. The van der Waals surface area contributed by atoms with Gasteiger partial charge in [-0.05, 0) is 77.6 Å². The summed E-state index contributed by atoms with van der Waals surface area (Å²) < 4.78 is 20.2. The Morgan fingerprint density at radius 2 is 1.88 bits per heavy atom. The Hall–Kier alpha value is -3.04. The molecule has 0 saturated carbocycles. The van der Waals surface area contributed by atoms with Crippen LogP contribution in [0.3, 0.4) is 0 Å². The Morgan fingerprint density at radius 3 is 2.50 bits per heavy atom. The molecule has 0 unspecified atom stereocenters. The molecular formula is C33H54BN7O6S. The third-order valence-electron chi connectivity index (χ3n) is 11.1. The average molecular weight is 688 g/mol. The molecule has 3 N–H and O–H groups in total. The number of hydrogen-bond acceptors (Lipinski definition) is 12. The Bertz CT molecular complexity index is 1440. The van der Waals surface area contributed by atoms with E-state index in [9.17, 15) is 14.4 Å². The van der Waals surface area contributed by atoms with Crippen LogP contribution >= 0.6 is 11.3 Å². The molecule has 2 saturated heterocycles. The van der Waals surface area contributed by atoms with E-state index in [1.165, 1.54) is 11.3 Å². The number of carbonyl (C=O) groups excluding carboxylic acids is 3. The van der Waals surface area contributed by atoms with Gasteiger partial charge in [0.1, 0.15) is 37.0 Å². The largest absolute Gasteiger partial charge is 0.457 e. The van der Waals surface area contributed by atoms with Gasteiger partial charge in [-0.1, -0.05) is 44.2 Å². The maximum atomic E-state index is 13.8. The highest BCUT2D eigenvalue weighted by molar-refractivity contribution is 7.18. The molecule has 266 valence electrons. The number of thiazole rings is 1. The van der Waals surface area contributed by atoms with E-state index in [0.29, 0.717) is 49.7 Å². The second-order valence-corrected chi connectivity index (χ2v) is 15.1. The number of methoxy groups -OCH3 is 1. The summed E-state index contributed by atoms with van der Waals surface area (Å²) in [5, 5.41) is 12.7. The van der Waals surface area contributed by atoms with Crippen LogP contribution in [0.1, 0.15) is 87.0 Å². The highest BCUT2D eigenvalue weighted by Gasteiger charge is 2.65. The Labute approximate surface area is 289 Å². The molecular weight excluding hydrogens is 633 g/mol. The van der Waals surface area contributed by atoms with Crippen molar-refractivity contribution in [3.8, 4) is 10.6 Å². The van der Waals surface area contributed by atoms with Crippen LogP contribution < -0.4 is 11.1 Å². The Kier molecular flexibility index (Phi) is 12.0. The molecule has 2 fully saturated rings. The lowest BCUT2D eigenvalue weighted by atomic mass is 9.62. The van der Waals surface area contributed by atoms with E-state index in [0.717, 1.165) is 24.1 Å². The topological polar surface area (TPSA) is 164 Å². The zero-order valence-electron chi connectivity index (χ0n) is 30.1. The molecule has 0 spiro atoms. The van der Waals surface area contributed by atoms with Gasteiger partial charge in [-0.25, -0.2) is 9.78 Å². The van der Waals surface area contributed by atoms with Gasteiger partial charge in [-0.2, -0.15) is 0 Å².